The van der Waals surface area contributed by atoms with Gasteiger partial charge in [0.15, 0.2) is 12.6 Å². The molecule has 0 aromatic carbocycles. The van der Waals surface area contributed by atoms with Gasteiger partial charge in [0, 0.05) is 5.56 Å². The van der Waals surface area contributed by atoms with Crippen LogP contribution in [-0.4, -0.2) is 38.9 Å². The van der Waals surface area contributed by atoms with E-state index in [1.54, 1.807) is 11.6 Å². The zero-order chi connectivity index (χ0) is 12.7. The molecule has 0 radical (unpaired) electrons. The Morgan fingerprint density at radius 1 is 1.39 bits per heavy atom. The maximum Gasteiger partial charge on any atom is 0.315 e. The van der Waals surface area contributed by atoms with Gasteiger partial charge in [-0.25, -0.2) is 4.68 Å². The highest BCUT2D eigenvalue weighted by Gasteiger charge is 2.22. The molecule has 0 unspecified atom stereocenters. The van der Waals surface area contributed by atoms with E-state index in [4.69, 9.17) is 4.74 Å². The van der Waals surface area contributed by atoms with Crippen LogP contribution in [0.2, 0.25) is 0 Å². The van der Waals surface area contributed by atoms with Crippen molar-refractivity contribution in [3.8, 4) is 17.5 Å². The molecule has 0 bridgehead atoms. The lowest BCUT2D eigenvalue weighted by Crippen LogP contribution is -1.97. The highest BCUT2D eigenvalue weighted by Crippen LogP contribution is 2.26. The first kappa shape index (κ1) is 10.7. The number of H-pyrrole nitrogens is 1. The second-order valence-electron chi connectivity index (χ2n) is 3.98. The summed E-state index contributed by atoms with van der Waals surface area (Å²) < 4.78 is 6.88. The van der Waals surface area contributed by atoms with Crippen molar-refractivity contribution in [3.05, 3.63) is 16.8 Å². The molecule has 18 heavy (non-hydrogen) atoms. The maximum atomic E-state index is 11.1. The Morgan fingerprint density at radius 3 is 2.89 bits per heavy atom. The summed E-state index contributed by atoms with van der Waals surface area (Å²) in [7, 11) is 0. The summed E-state index contributed by atoms with van der Waals surface area (Å²) in [5, 5.41) is 4.23. The Labute approximate surface area is 102 Å². The lowest BCUT2D eigenvalue weighted by Gasteiger charge is -1.93. The number of aldehydes is 2. The topological polar surface area (TPSA) is 89.9 Å². The second-order valence-corrected chi connectivity index (χ2v) is 3.98. The normalized spacial score (nSPS) is 13.2. The summed E-state index contributed by atoms with van der Waals surface area (Å²) in [6, 6.07) is 0.432. The Morgan fingerprint density at radius 2 is 2.22 bits per heavy atom. The molecule has 3 heterocycles. The Bertz CT molecular complexity index is 619. The van der Waals surface area contributed by atoms with Gasteiger partial charge in [0.2, 0.25) is 5.82 Å². The molecule has 0 saturated carbocycles. The van der Waals surface area contributed by atoms with E-state index in [2.05, 4.69) is 15.1 Å². The molecule has 3 rings (SSSR count). The monoisotopic (exact) mass is 246 g/mol. The van der Waals surface area contributed by atoms with Crippen molar-refractivity contribution in [2.75, 3.05) is 6.61 Å². The fraction of sp³-hybridized carbons (Fsp3) is 0.273. The third-order valence-electron chi connectivity index (χ3n) is 2.97. The minimum absolute atomic E-state index is 0.364. The van der Waals surface area contributed by atoms with Crippen molar-refractivity contribution in [1.82, 2.24) is 19.7 Å². The number of ether oxygens (including phenoxy) is 1. The van der Waals surface area contributed by atoms with E-state index in [1.165, 1.54) is 0 Å². The lowest BCUT2D eigenvalue weighted by molar-refractivity contribution is 0.111. The van der Waals surface area contributed by atoms with Gasteiger partial charge in [-0.05, 0) is 12.5 Å². The van der Waals surface area contributed by atoms with Crippen molar-refractivity contribution in [3.63, 3.8) is 0 Å². The van der Waals surface area contributed by atoms with E-state index in [9.17, 15) is 9.59 Å². The first-order valence-corrected chi connectivity index (χ1v) is 5.45. The lowest BCUT2D eigenvalue weighted by atomic mass is 10.1. The minimum Gasteiger partial charge on any atom is -0.462 e. The average molecular weight is 246 g/mol. The number of nitrogens with one attached hydrogen (secondary N) is 1. The molecule has 2 aromatic heterocycles. The van der Waals surface area contributed by atoms with E-state index in [0.717, 1.165) is 0 Å². The van der Waals surface area contributed by atoms with E-state index in [-0.39, 0.29) is 0 Å². The highest BCUT2D eigenvalue weighted by molar-refractivity contribution is 5.91. The van der Waals surface area contributed by atoms with Crippen LogP contribution in [0.5, 0.6) is 6.01 Å². The van der Waals surface area contributed by atoms with Crippen LogP contribution < -0.4 is 4.74 Å². The molecule has 1 aliphatic heterocycles. The molecule has 0 atom stereocenters. The minimum atomic E-state index is 0.364. The summed E-state index contributed by atoms with van der Waals surface area (Å²) in [5.74, 6) is 0.364. The second kappa shape index (κ2) is 3.80. The third-order valence-corrected chi connectivity index (χ3v) is 2.97. The van der Waals surface area contributed by atoms with Crippen LogP contribution in [0.4, 0.5) is 0 Å². The third kappa shape index (κ3) is 1.37. The number of rotatable bonds is 3. The number of carbonyl (C=O) groups excluding carboxylic acids is 2. The Kier molecular flexibility index (Phi) is 2.26. The standard InChI is InChI=1S/C11H10N4O3/c1-6-7(4-16)9(12-8(6)5-17)10-13-11-15(14-10)2-3-18-11/h4-5,12H,2-3H2,1H3. The van der Waals surface area contributed by atoms with Gasteiger partial charge in [0.1, 0.15) is 6.61 Å². The molecule has 7 heteroatoms. The summed E-state index contributed by atoms with van der Waals surface area (Å²) in [6.07, 6.45) is 1.37. The van der Waals surface area contributed by atoms with E-state index < -0.39 is 0 Å². The maximum absolute atomic E-state index is 11.1. The van der Waals surface area contributed by atoms with E-state index in [0.29, 0.717) is 60.1 Å². The molecule has 0 saturated heterocycles. The number of nitrogens with zero attached hydrogens (tertiary/aromatic N) is 3. The largest absolute Gasteiger partial charge is 0.462 e. The summed E-state index contributed by atoms with van der Waals surface area (Å²) in [4.78, 5) is 29.0. The van der Waals surface area contributed by atoms with Crippen molar-refractivity contribution >= 4 is 12.6 Å². The number of aromatic nitrogens is 4. The van der Waals surface area contributed by atoms with Crippen molar-refractivity contribution in [2.24, 2.45) is 0 Å². The zero-order valence-electron chi connectivity index (χ0n) is 9.64. The van der Waals surface area contributed by atoms with Gasteiger partial charge in [0.05, 0.1) is 17.9 Å². The van der Waals surface area contributed by atoms with Crippen molar-refractivity contribution in [1.29, 1.82) is 0 Å². The first-order valence-electron chi connectivity index (χ1n) is 5.45. The molecule has 0 amide bonds. The highest BCUT2D eigenvalue weighted by atomic mass is 16.5. The van der Waals surface area contributed by atoms with Gasteiger partial charge >= 0.3 is 6.01 Å². The van der Waals surface area contributed by atoms with Crippen LogP contribution >= 0.6 is 0 Å². The van der Waals surface area contributed by atoms with Gasteiger partial charge in [0.25, 0.3) is 0 Å². The molecule has 7 nitrogen and oxygen atoms in total. The summed E-state index contributed by atoms with van der Waals surface area (Å²) in [6.45, 7) is 2.90. The van der Waals surface area contributed by atoms with Gasteiger partial charge in [-0.2, -0.15) is 4.98 Å². The van der Waals surface area contributed by atoms with Gasteiger partial charge in [-0.1, -0.05) is 0 Å². The zero-order valence-corrected chi connectivity index (χ0v) is 9.64. The predicted molar refractivity (Wildman–Crippen MR) is 60.8 cm³/mol. The van der Waals surface area contributed by atoms with E-state index in [1.807, 2.05) is 0 Å². The van der Waals surface area contributed by atoms with Crippen molar-refractivity contribution < 1.29 is 14.3 Å². The number of carbonyl (C=O) groups is 2. The quantitative estimate of drug-likeness (QED) is 0.801. The number of hydrogen-bond donors (Lipinski definition) is 1. The van der Waals surface area contributed by atoms with E-state index >= 15 is 0 Å². The SMILES string of the molecule is Cc1c(C=O)[nH]c(-c2nc3n(n2)CCO3)c1C=O. The van der Waals surface area contributed by atoms with Crippen LogP contribution in [0.3, 0.4) is 0 Å². The van der Waals surface area contributed by atoms with Gasteiger partial charge in [-0.15, -0.1) is 5.10 Å². The molecule has 0 spiro atoms. The van der Waals surface area contributed by atoms with Crippen molar-refractivity contribution in [2.45, 2.75) is 13.5 Å². The van der Waals surface area contributed by atoms with Crippen LogP contribution in [-0.2, 0) is 6.54 Å². The Hall–Kier alpha value is -2.44. The number of hydrogen-bond acceptors (Lipinski definition) is 5. The predicted octanol–water partition coefficient (Wildman–Crippen LogP) is 0.599. The fourth-order valence-corrected chi connectivity index (χ4v) is 1.98. The molecular formula is C11H10N4O3. The molecule has 1 N–H and O–H groups in total. The first-order chi connectivity index (χ1) is 8.74. The fourth-order valence-electron chi connectivity index (χ4n) is 1.98. The number of aromatic amines is 1. The molecule has 2 aromatic rings. The smallest absolute Gasteiger partial charge is 0.315 e. The molecule has 92 valence electrons. The van der Waals surface area contributed by atoms with Crippen LogP contribution in [0.15, 0.2) is 0 Å². The summed E-state index contributed by atoms with van der Waals surface area (Å²) >= 11 is 0. The van der Waals surface area contributed by atoms with Crippen LogP contribution in [0.1, 0.15) is 26.4 Å². The molecular weight excluding hydrogens is 236 g/mol. The molecule has 0 fully saturated rings. The Balaban J connectivity index is 2.15. The average Bonchev–Trinajstić information content (AvgIpc) is 3.00. The van der Waals surface area contributed by atoms with Crippen LogP contribution in [0, 0.1) is 6.92 Å². The van der Waals surface area contributed by atoms with Gasteiger partial charge < -0.3 is 9.72 Å². The summed E-state index contributed by atoms with van der Waals surface area (Å²) in [5.41, 5.74) is 1.82. The number of fused-ring (bicyclic) bond motifs is 1. The van der Waals surface area contributed by atoms with Gasteiger partial charge in [-0.3, -0.25) is 9.59 Å². The molecule has 0 aliphatic carbocycles. The molecule has 1 aliphatic rings. The van der Waals surface area contributed by atoms with Crippen LogP contribution in [0.25, 0.3) is 11.5 Å².